The highest BCUT2D eigenvalue weighted by Crippen LogP contribution is 2.32. The third-order valence-electron chi connectivity index (χ3n) is 4.91. The van der Waals surface area contributed by atoms with Crippen LogP contribution in [0.4, 0.5) is 0 Å². The smallest absolute Gasteiger partial charge is 0.261 e. The lowest BCUT2D eigenvalue weighted by Crippen LogP contribution is -2.29. The Bertz CT molecular complexity index is 1170. The molecule has 8 heteroatoms. The van der Waals surface area contributed by atoms with Crippen molar-refractivity contribution in [2.75, 3.05) is 27.4 Å². The number of aromatic amines is 1. The van der Waals surface area contributed by atoms with Gasteiger partial charge in [0.25, 0.3) is 11.5 Å². The summed E-state index contributed by atoms with van der Waals surface area (Å²) in [5.41, 5.74) is 1.69. The van der Waals surface area contributed by atoms with Crippen molar-refractivity contribution in [2.24, 2.45) is 0 Å². The third-order valence-corrected chi connectivity index (χ3v) is 4.91. The van der Waals surface area contributed by atoms with Crippen LogP contribution in [0, 0.1) is 0 Å². The maximum atomic E-state index is 12.5. The van der Waals surface area contributed by atoms with Gasteiger partial charge in [-0.25, -0.2) is 0 Å². The van der Waals surface area contributed by atoms with Gasteiger partial charge in [-0.05, 0) is 48.0 Å². The zero-order valence-electron chi connectivity index (χ0n) is 17.2. The van der Waals surface area contributed by atoms with Crippen LogP contribution < -0.4 is 29.8 Å². The van der Waals surface area contributed by atoms with Gasteiger partial charge in [0, 0.05) is 17.8 Å². The highest BCUT2D eigenvalue weighted by Gasteiger charge is 2.15. The molecule has 0 fully saturated rings. The molecule has 0 bridgehead atoms. The van der Waals surface area contributed by atoms with Crippen LogP contribution in [0.15, 0.2) is 53.3 Å². The first-order chi connectivity index (χ1) is 15.1. The Labute approximate surface area is 178 Å². The number of hydrogen-bond donors (Lipinski definition) is 2. The number of H-pyrrole nitrogens is 1. The molecule has 1 aliphatic heterocycles. The summed E-state index contributed by atoms with van der Waals surface area (Å²) < 4.78 is 21.6. The van der Waals surface area contributed by atoms with Gasteiger partial charge >= 0.3 is 0 Å². The number of fused-ring (bicyclic) bond motifs is 1. The molecule has 3 aromatic rings. The predicted molar refractivity (Wildman–Crippen MR) is 114 cm³/mol. The Morgan fingerprint density at radius 3 is 2.48 bits per heavy atom. The van der Waals surface area contributed by atoms with E-state index in [9.17, 15) is 9.59 Å². The van der Waals surface area contributed by atoms with Gasteiger partial charge in [0.1, 0.15) is 18.8 Å². The highest BCUT2D eigenvalue weighted by molar-refractivity contribution is 5.94. The molecule has 0 radical (unpaired) electrons. The lowest BCUT2D eigenvalue weighted by Gasteiger charge is -2.19. The van der Waals surface area contributed by atoms with Crippen molar-refractivity contribution in [2.45, 2.75) is 6.54 Å². The van der Waals surface area contributed by atoms with Crippen LogP contribution in [0.25, 0.3) is 11.3 Å². The van der Waals surface area contributed by atoms with Crippen molar-refractivity contribution in [1.29, 1.82) is 0 Å². The molecule has 2 heterocycles. The standard InChI is InChI=1S/C23H22N2O6/c1-28-18-8-4-15(12-20(18)29-2)17-6-5-16(23(27)25-17)22(26)24-13-14-3-7-19-21(11-14)31-10-9-30-19/h3-8,11-12H,9-10,13H2,1-2H3,(H,24,26)(H,25,27). The second kappa shape index (κ2) is 8.83. The van der Waals surface area contributed by atoms with Crippen LogP contribution in [-0.2, 0) is 6.54 Å². The molecule has 8 nitrogen and oxygen atoms in total. The molecule has 160 valence electrons. The number of carbonyl (C=O) groups excluding carboxylic acids is 1. The quantitative estimate of drug-likeness (QED) is 0.634. The van der Waals surface area contributed by atoms with E-state index >= 15 is 0 Å². The molecule has 1 amide bonds. The molecule has 31 heavy (non-hydrogen) atoms. The summed E-state index contributed by atoms with van der Waals surface area (Å²) in [6, 6.07) is 14.0. The van der Waals surface area contributed by atoms with Gasteiger partial charge in [-0.3, -0.25) is 9.59 Å². The monoisotopic (exact) mass is 422 g/mol. The number of rotatable bonds is 6. The normalized spacial score (nSPS) is 12.2. The van der Waals surface area contributed by atoms with E-state index in [-0.39, 0.29) is 12.1 Å². The summed E-state index contributed by atoms with van der Waals surface area (Å²) in [5, 5.41) is 2.76. The predicted octanol–water partition coefficient (Wildman–Crippen LogP) is 2.76. The van der Waals surface area contributed by atoms with E-state index in [0.717, 1.165) is 11.1 Å². The van der Waals surface area contributed by atoms with Crippen molar-refractivity contribution in [3.63, 3.8) is 0 Å². The number of nitrogens with one attached hydrogen (secondary N) is 2. The van der Waals surface area contributed by atoms with Crippen LogP contribution in [-0.4, -0.2) is 38.3 Å². The zero-order chi connectivity index (χ0) is 21.8. The molecule has 0 unspecified atom stereocenters. The molecule has 1 aromatic heterocycles. The molecular weight excluding hydrogens is 400 g/mol. The second-order valence-corrected chi connectivity index (χ2v) is 6.85. The molecule has 0 aliphatic carbocycles. The number of ether oxygens (including phenoxy) is 4. The first-order valence-corrected chi connectivity index (χ1v) is 9.71. The van der Waals surface area contributed by atoms with Crippen LogP contribution in [0.2, 0.25) is 0 Å². The molecule has 4 rings (SSSR count). The summed E-state index contributed by atoms with van der Waals surface area (Å²) in [6.07, 6.45) is 0. The van der Waals surface area contributed by atoms with Crippen molar-refractivity contribution >= 4 is 5.91 Å². The number of hydrogen-bond acceptors (Lipinski definition) is 6. The molecule has 0 saturated carbocycles. The van der Waals surface area contributed by atoms with Crippen LogP contribution in [0.1, 0.15) is 15.9 Å². The van der Waals surface area contributed by atoms with Gasteiger partial charge in [0.05, 0.1) is 14.2 Å². The van der Waals surface area contributed by atoms with E-state index in [1.807, 2.05) is 12.1 Å². The zero-order valence-corrected chi connectivity index (χ0v) is 17.2. The summed E-state index contributed by atoms with van der Waals surface area (Å²) in [5.74, 6) is 2.00. The molecule has 0 saturated heterocycles. The van der Waals surface area contributed by atoms with E-state index in [1.54, 1.807) is 44.6 Å². The minimum atomic E-state index is -0.480. The fraction of sp³-hybridized carbons (Fsp3) is 0.217. The Morgan fingerprint density at radius 2 is 1.74 bits per heavy atom. The minimum Gasteiger partial charge on any atom is -0.493 e. The van der Waals surface area contributed by atoms with E-state index < -0.39 is 11.5 Å². The van der Waals surface area contributed by atoms with Gasteiger partial charge in [-0.15, -0.1) is 0 Å². The molecular formula is C23H22N2O6. The number of pyridine rings is 1. The van der Waals surface area contributed by atoms with Crippen LogP contribution >= 0.6 is 0 Å². The third kappa shape index (κ3) is 4.32. The van der Waals surface area contributed by atoms with Gasteiger partial charge in [0.15, 0.2) is 23.0 Å². The van der Waals surface area contributed by atoms with E-state index in [1.165, 1.54) is 6.07 Å². The average Bonchev–Trinajstić information content (AvgIpc) is 2.81. The molecule has 0 spiro atoms. The summed E-state index contributed by atoms with van der Waals surface area (Å²) in [7, 11) is 3.09. The maximum absolute atomic E-state index is 12.5. The van der Waals surface area contributed by atoms with Crippen molar-refractivity contribution in [3.05, 3.63) is 70.0 Å². The van der Waals surface area contributed by atoms with Crippen molar-refractivity contribution < 1.29 is 23.7 Å². The highest BCUT2D eigenvalue weighted by atomic mass is 16.6. The lowest BCUT2D eigenvalue weighted by molar-refractivity contribution is 0.0949. The van der Waals surface area contributed by atoms with E-state index in [4.69, 9.17) is 18.9 Å². The fourth-order valence-corrected chi connectivity index (χ4v) is 3.30. The number of methoxy groups -OCH3 is 2. The minimum absolute atomic E-state index is 0.0294. The summed E-state index contributed by atoms with van der Waals surface area (Å²) in [6.45, 7) is 1.27. The Kier molecular flexibility index (Phi) is 5.79. The Balaban J connectivity index is 1.48. The Hall–Kier alpha value is -3.94. The van der Waals surface area contributed by atoms with Crippen LogP contribution in [0.5, 0.6) is 23.0 Å². The Morgan fingerprint density at radius 1 is 0.968 bits per heavy atom. The number of carbonyl (C=O) groups is 1. The van der Waals surface area contributed by atoms with E-state index in [0.29, 0.717) is 41.9 Å². The maximum Gasteiger partial charge on any atom is 0.261 e. The van der Waals surface area contributed by atoms with Crippen molar-refractivity contribution in [3.8, 4) is 34.3 Å². The summed E-state index contributed by atoms with van der Waals surface area (Å²) in [4.78, 5) is 27.8. The largest absolute Gasteiger partial charge is 0.493 e. The lowest BCUT2D eigenvalue weighted by atomic mass is 10.1. The molecule has 1 aliphatic rings. The van der Waals surface area contributed by atoms with Gasteiger partial charge in [0.2, 0.25) is 0 Å². The SMILES string of the molecule is COc1ccc(-c2ccc(C(=O)NCc3ccc4c(c3)OCCO4)c(=O)[nH]2)cc1OC. The van der Waals surface area contributed by atoms with Crippen LogP contribution in [0.3, 0.4) is 0 Å². The fourth-order valence-electron chi connectivity index (χ4n) is 3.30. The first-order valence-electron chi connectivity index (χ1n) is 9.71. The molecule has 2 aromatic carbocycles. The summed E-state index contributed by atoms with van der Waals surface area (Å²) >= 11 is 0. The molecule has 0 atom stereocenters. The van der Waals surface area contributed by atoms with Gasteiger partial charge in [-0.1, -0.05) is 6.07 Å². The average molecular weight is 422 g/mol. The molecule has 2 N–H and O–H groups in total. The topological polar surface area (TPSA) is 98.9 Å². The van der Waals surface area contributed by atoms with E-state index in [2.05, 4.69) is 10.3 Å². The van der Waals surface area contributed by atoms with Gasteiger partial charge < -0.3 is 29.2 Å². The van der Waals surface area contributed by atoms with Crippen molar-refractivity contribution in [1.82, 2.24) is 10.3 Å². The number of benzene rings is 2. The van der Waals surface area contributed by atoms with Gasteiger partial charge in [-0.2, -0.15) is 0 Å². The number of aromatic nitrogens is 1. The second-order valence-electron chi connectivity index (χ2n) is 6.85. The first kappa shape index (κ1) is 20.3. The number of amides is 1.